The average Bonchev–Trinajstić information content (AvgIpc) is 2.67. The van der Waals surface area contributed by atoms with Crippen LogP contribution in [0, 0.1) is 18.3 Å². The third kappa shape index (κ3) is 3.61. The van der Waals surface area contributed by atoms with Gasteiger partial charge in [-0.25, -0.2) is 8.42 Å². The van der Waals surface area contributed by atoms with Gasteiger partial charge in [-0.15, -0.1) is 0 Å². The van der Waals surface area contributed by atoms with Gasteiger partial charge in [0.2, 0.25) is 0 Å². The molecule has 0 radical (unpaired) electrons. The van der Waals surface area contributed by atoms with E-state index >= 15 is 0 Å². The number of benzene rings is 3. The van der Waals surface area contributed by atoms with Crippen molar-refractivity contribution in [3.05, 3.63) is 95.6 Å². The van der Waals surface area contributed by atoms with Crippen LogP contribution in [0.2, 0.25) is 0 Å². The summed E-state index contributed by atoms with van der Waals surface area (Å²) >= 11 is 0. The molecule has 0 unspecified atom stereocenters. The van der Waals surface area contributed by atoms with Gasteiger partial charge < -0.3 is 0 Å². The van der Waals surface area contributed by atoms with Gasteiger partial charge in [-0.05, 0) is 48.4 Å². The summed E-state index contributed by atoms with van der Waals surface area (Å²) in [5.74, 6) is 0. The zero-order chi connectivity index (χ0) is 18.6. The molecular formula is C21H18N2O2S. The molecule has 0 saturated carbocycles. The van der Waals surface area contributed by atoms with Gasteiger partial charge in [0.15, 0.2) is 0 Å². The van der Waals surface area contributed by atoms with E-state index in [1.54, 1.807) is 25.1 Å². The number of anilines is 1. The molecule has 0 N–H and O–H groups in total. The van der Waals surface area contributed by atoms with Gasteiger partial charge in [0, 0.05) is 0 Å². The molecule has 0 aliphatic carbocycles. The van der Waals surface area contributed by atoms with Crippen molar-refractivity contribution in [3.63, 3.8) is 0 Å². The van der Waals surface area contributed by atoms with Crippen molar-refractivity contribution in [1.29, 1.82) is 5.26 Å². The standard InChI is InChI=1S/C21H18N2O2S/c1-17-14-19(15-22)12-13-21(17)26(24,25)23(20-10-6-3-7-11-20)16-18-8-4-2-5-9-18/h2-14H,16H2,1H3. The van der Waals surface area contributed by atoms with E-state index in [1.165, 1.54) is 16.4 Å². The quantitative estimate of drug-likeness (QED) is 0.681. The fourth-order valence-corrected chi connectivity index (χ4v) is 4.45. The molecule has 0 bridgehead atoms. The molecular weight excluding hydrogens is 344 g/mol. The lowest BCUT2D eigenvalue weighted by Gasteiger charge is -2.25. The van der Waals surface area contributed by atoms with Crippen molar-refractivity contribution in [1.82, 2.24) is 0 Å². The average molecular weight is 362 g/mol. The first-order valence-corrected chi connectivity index (χ1v) is 9.59. The van der Waals surface area contributed by atoms with Crippen molar-refractivity contribution >= 4 is 15.7 Å². The fraction of sp³-hybridized carbons (Fsp3) is 0.0952. The van der Waals surface area contributed by atoms with Crippen LogP contribution in [0.5, 0.6) is 0 Å². The van der Waals surface area contributed by atoms with Crippen LogP contribution < -0.4 is 4.31 Å². The first-order chi connectivity index (χ1) is 12.5. The summed E-state index contributed by atoms with van der Waals surface area (Å²) in [5, 5.41) is 9.03. The monoisotopic (exact) mass is 362 g/mol. The number of nitriles is 1. The van der Waals surface area contributed by atoms with E-state index in [0.717, 1.165) is 5.56 Å². The summed E-state index contributed by atoms with van der Waals surface area (Å²) in [4.78, 5) is 0.205. The maximum atomic E-state index is 13.4. The van der Waals surface area contributed by atoms with Crippen LogP contribution in [-0.4, -0.2) is 8.42 Å². The smallest absolute Gasteiger partial charge is 0.262 e. The molecule has 0 atom stereocenters. The van der Waals surface area contributed by atoms with Crippen LogP contribution in [-0.2, 0) is 16.6 Å². The van der Waals surface area contributed by atoms with Crippen LogP contribution in [0.15, 0.2) is 83.8 Å². The van der Waals surface area contributed by atoms with E-state index in [4.69, 9.17) is 5.26 Å². The second-order valence-corrected chi connectivity index (χ2v) is 7.76. The van der Waals surface area contributed by atoms with Crippen LogP contribution in [0.3, 0.4) is 0 Å². The summed E-state index contributed by atoms with van der Waals surface area (Å²) in [6.45, 7) is 1.94. The Bertz CT molecular complexity index is 1040. The molecule has 3 aromatic rings. The molecule has 0 spiro atoms. The topological polar surface area (TPSA) is 61.2 Å². The Morgan fingerprint density at radius 2 is 1.54 bits per heavy atom. The lowest BCUT2D eigenvalue weighted by atomic mass is 10.2. The second kappa shape index (κ2) is 7.42. The number of hydrogen-bond acceptors (Lipinski definition) is 3. The number of sulfonamides is 1. The van der Waals surface area contributed by atoms with E-state index in [9.17, 15) is 8.42 Å². The first-order valence-electron chi connectivity index (χ1n) is 8.15. The molecule has 0 aromatic heterocycles. The number of hydrogen-bond donors (Lipinski definition) is 0. The van der Waals surface area contributed by atoms with Crippen LogP contribution in [0.1, 0.15) is 16.7 Å². The highest BCUT2D eigenvalue weighted by Gasteiger charge is 2.26. The van der Waals surface area contributed by atoms with Gasteiger partial charge in [0.05, 0.1) is 28.8 Å². The maximum absolute atomic E-state index is 13.4. The molecule has 5 heteroatoms. The molecule has 0 heterocycles. The van der Waals surface area contributed by atoms with Gasteiger partial charge in [0.1, 0.15) is 0 Å². The molecule has 0 aliphatic heterocycles. The van der Waals surface area contributed by atoms with E-state index in [1.807, 2.05) is 54.6 Å². The predicted octanol–water partition coefficient (Wildman–Crippen LogP) is 4.26. The third-order valence-corrected chi connectivity index (χ3v) is 6.02. The molecule has 3 aromatic carbocycles. The Hall–Kier alpha value is -3.10. The van der Waals surface area contributed by atoms with Gasteiger partial charge in [0.25, 0.3) is 10.0 Å². The Morgan fingerprint density at radius 3 is 2.12 bits per heavy atom. The van der Waals surface area contributed by atoms with E-state index in [0.29, 0.717) is 16.8 Å². The molecule has 0 amide bonds. The van der Waals surface area contributed by atoms with Crippen molar-refractivity contribution < 1.29 is 8.42 Å². The predicted molar refractivity (Wildman–Crippen MR) is 102 cm³/mol. The minimum absolute atomic E-state index is 0.205. The number of nitrogens with zero attached hydrogens (tertiary/aromatic N) is 2. The summed E-state index contributed by atoms with van der Waals surface area (Å²) in [7, 11) is -3.78. The summed E-state index contributed by atoms with van der Waals surface area (Å²) < 4.78 is 28.2. The van der Waals surface area contributed by atoms with E-state index < -0.39 is 10.0 Å². The normalized spacial score (nSPS) is 10.9. The number of para-hydroxylation sites is 1. The maximum Gasteiger partial charge on any atom is 0.264 e. The zero-order valence-corrected chi connectivity index (χ0v) is 15.1. The van der Waals surface area contributed by atoms with Gasteiger partial charge >= 0.3 is 0 Å². The van der Waals surface area contributed by atoms with Crippen molar-refractivity contribution in [2.75, 3.05) is 4.31 Å². The molecule has 26 heavy (non-hydrogen) atoms. The van der Waals surface area contributed by atoms with Gasteiger partial charge in [-0.1, -0.05) is 48.5 Å². The van der Waals surface area contributed by atoms with Crippen molar-refractivity contribution in [2.24, 2.45) is 0 Å². The lowest BCUT2D eigenvalue weighted by molar-refractivity contribution is 0.590. The van der Waals surface area contributed by atoms with E-state index in [-0.39, 0.29) is 11.4 Å². The minimum atomic E-state index is -3.78. The summed E-state index contributed by atoms with van der Waals surface area (Å²) in [5.41, 5.74) is 2.49. The third-order valence-electron chi connectivity index (χ3n) is 4.09. The van der Waals surface area contributed by atoms with Gasteiger partial charge in [-0.2, -0.15) is 5.26 Å². The summed E-state index contributed by atoms with van der Waals surface area (Å²) in [6, 6.07) is 25.2. The second-order valence-electron chi connectivity index (χ2n) is 5.92. The number of aryl methyl sites for hydroxylation is 1. The zero-order valence-electron chi connectivity index (χ0n) is 14.3. The van der Waals surface area contributed by atoms with Crippen molar-refractivity contribution in [2.45, 2.75) is 18.4 Å². The molecule has 4 nitrogen and oxygen atoms in total. The van der Waals surface area contributed by atoms with Crippen LogP contribution in [0.4, 0.5) is 5.69 Å². The SMILES string of the molecule is Cc1cc(C#N)ccc1S(=O)(=O)N(Cc1ccccc1)c1ccccc1. The molecule has 130 valence electrons. The summed E-state index contributed by atoms with van der Waals surface area (Å²) in [6.07, 6.45) is 0. The highest BCUT2D eigenvalue weighted by Crippen LogP contribution is 2.28. The van der Waals surface area contributed by atoms with Crippen LogP contribution >= 0.6 is 0 Å². The Kier molecular flexibility index (Phi) is 5.06. The largest absolute Gasteiger partial charge is 0.264 e. The Labute approximate surface area is 154 Å². The van der Waals surface area contributed by atoms with Crippen molar-refractivity contribution in [3.8, 4) is 6.07 Å². The molecule has 0 aliphatic rings. The molecule has 0 fully saturated rings. The first kappa shape index (κ1) is 17.7. The highest BCUT2D eigenvalue weighted by atomic mass is 32.2. The highest BCUT2D eigenvalue weighted by molar-refractivity contribution is 7.92. The number of rotatable bonds is 5. The fourth-order valence-electron chi connectivity index (χ4n) is 2.79. The van der Waals surface area contributed by atoms with Gasteiger partial charge in [-0.3, -0.25) is 4.31 Å². The molecule has 0 saturated heterocycles. The Morgan fingerprint density at radius 1 is 0.923 bits per heavy atom. The lowest BCUT2D eigenvalue weighted by Crippen LogP contribution is -2.31. The Balaban J connectivity index is 2.10. The minimum Gasteiger partial charge on any atom is -0.262 e. The molecule has 3 rings (SSSR count). The van der Waals surface area contributed by atoms with Crippen LogP contribution in [0.25, 0.3) is 0 Å². The van der Waals surface area contributed by atoms with E-state index in [2.05, 4.69) is 0 Å².